The average Bonchev–Trinajstić information content (AvgIpc) is 3.67. The van der Waals surface area contributed by atoms with E-state index < -0.39 is 112 Å². The Hall–Kier alpha value is -2.29. The lowest BCUT2D eigenvalue weighted by atomic mass is 9.97. The fourth-order valence-electron chi connectivity index (χ4n) is 7.31. The van der Waals surface area contributed by atoms with Gasteiger partial charge in [0.2, 0.25) is 11.9 Å². The van der Waals surface area contributed by atoms with Gasteiger partial charge < -0.3 is 57.4 Å². The summed E-state index contributed by atoms with van der Waals surface area (Å²) < 4.78 is 93.9. The SMILES string of the molecule is Cc1ccc(S(=O)(=O)CNC(=O)C(OC(=O)[C@H]2O[C@@H]3OC(C)(C)O[C@@H]3[C@H]3OC(C)(C)O[C@H]32)[C@@]23O[C@H]4COC(C)(C)O[C@H]4[C@@H]2OC(C)(C)O3)cc1. The maximum Gasteiger partial charge on any atom is 0.339 e. The third-order valence-electron chi connectivity index (χ3n) is 9.27. The largest absolute Gasteiger partial charge is 0.444 e. The van der Waals surface area contributed by atoms with E-state index in [1.807, 2.05) is 6.92 Å². The van der Waals surface area contributed by atoms with E-state index in [0.717, 1.165) is 5.56 Å². The molecule has 10 atom stereocenters. The molecule has 6 saturated heterocycles. The Morgan fingerprint density at radius 1 is 0.800 bits per heavy atom. The first-order chi connectivity index (χ1) is 23.1. The van der Waals surface area contributed by atoms with Crippen molar-refractivity contribution in [3.8, 4) is 0 Å². The number of amides is 1. The molecule has 6 fully saturated rings. The van der Waals surface area contributed by atoms with Crippen LogP contribution in [0.4, 0.5) is 0 Å². The summed E-state index contributed by atoms with van der Waals surface area (Å²) in [6.45, 7) is 15.3. The first-order valence-corrected chi connectivity index (χ1v) is 18.3. The van der Waals surface area contributed by atoms with E-state index in [-0.39, 0.29) is 11.5 Å². The van der Waals surface area contributed by atoms with Crippen LogP contribution in [0, 0.1) is 6.92 Å². The molecular formula is C33H45NO15S. The summed E-state index contributed by atoms with van der Waals surface area (Å²) in [4.78, 5) is 28.6. The minimum Gasteiger partial charge on any atom is -0.444 e. The number of rotatable bonds is 7. The van der Waals surface area contributed by atoms with Crippen molar-refractivity contribution in [2.24, 2.45) is 0 Å². The monoisotopic (exact) mass is 727 g/mol. The highest BCUT2D eigenvalue weighted by molar-refractivity contribution is 7.91. The van der Waals surface area contributed by atoms with E-state index in [1.54, 1.807) is 67.5 Å². The Kier molecular flexibility index (Phi) is 8.56. The van der Waals surface area contributed by atoms with Gasteiger partial charge in [-0.1, -0.05) is 17.7 Å². The van der Waals surface area contributed by atoms with Gasteiger partial charge in [-0.3, -0.25) is 4.79 Å². The third kappa shape index (κ3) is 6.48. The number of benzene rings is 1. The van der Waals surface area contributed by atoms with Gasteiger partial charge >= 0.3 is 5.97 Å². The van der Waals surface area contributed by atoms with Crippen LogP contribution in [0.5, 0.6) is 0 Å². The molecule has 0 aromatic heterocycles. The molecule has 1 N–H and O–H groups in total. The normalized spacial score (nSPS) is 39.5. The molecule has 0 spiro atoms. The first kappa shape index (κ1) is 36.1. The van der Waals surface area contributed by atoms with Gasteiger partial charge in [0.25, 0.3) is 5.91 Å². The van der Waals surface area contributed by atoms with Crippen molar-refractivity contribution < 1.29 is 70.1 Å². The minimum absolute atomic E-state index is 0.00983. The van der Waals surface area contributed by atoms with Crippen LogP contribution in [-0.4, -0.2) is 117 Å². The molecule has 1 aromatic rings. The number of hydrogen-bond donors (Lipinski definition) is 1. The van der Waals surface area contributed by atoms with Gasteiger partial charge in [-0.05, 0) is 74.4 Å². The standard InChI is InChI=1S/C33H45NO15S/c1-16-10-12-17(13-11-16)50(37,38)15-34-26(35)25(33-24(47-32(8,9)49-33)19-18(42-33)14-39-29(2,3)43-19)41-27(36)22-20-21(45-30(4,5)44-20)23-28(40-22)48-31(6,7)46-23/h10-13,18-25,28H,14-15H2,1-9H3,(H,34,35)/t18-,19+,20+,21-,22-,23+,24-,25?,28+,33+/m0/s1. The molecule has 0 aliphatic carbocycles. The molecule has 1 unspecified atom stereocenters. The van der Waals surface area contributed by atoms with E-state index in [0.29, 0.717) is 0 Å². The smallest absolute Gasteiger partial charge is 0.339 e. The van der Waals surface area contributed by atoms with E-state index >= 15 is 0 Å². The van der Waals surface area contributed by atoms with Crippen LogP contribution in [0.25, 0.3) is 0 Å². The van der Waals surface area contributed by atoms with Crippen LogP contribution < -0.4 is 5.32 Å². The number of sulfone groups is 1. The number of ether oxygens (including phenoxy) is 11. The quantitative estimate of drug-likeness (QED) is 0.399. The van der Waals surface area contributed by atoms with Crippen molar-refractivity contribution in [3.63, 3.8) is 0 Å². The van der Waals surface area contributed by atoms with E-state index in [1.165, 1.54) is 12.1 Å². The fourth-order valence-corrected chi connectivity index (χ4v) is 8.36. The highest BCUT2D eigenvalue weighted by atomic mass is 32.2. The average molecular weight is 728 g/mol. The Morgan fingerprint density at radius 3 is 2.12 bits per heavy atom. The van der Waals surface area contributed by atoms with Gasteiger partial charge in [0.15, 0.2) is 45.4 Å². The van der Waals surface area contributed by atoms with Crippen molar-refractivity contribution in [3.05, 3.63) is 29.8 Å². The highest BCUT2D eigenvalue weighted by Crippen LogP contribution is 2.52. The number of nitrogens with one attached hydrogen (secondary N) is 1. The Morgan fingerprint density at radius 2 is 1.42 bits per heavy atom. The van der Waals surface area contributed by atoms with Gasteiger partial charge in [0.05, 0.1) is 11.5 Å². The van der Waals surface area contributed by atoms with E-state index in [2.05, 4.69) is 5.32 Å². The van der Waals surface area contributed by atoms with Crippen LogP contribution in [0.2, 0.25) is 0 Å². The number of aryl methyl sites for hydroxylation is 1. The summed E-state index contributed by atoms with van der Waals surface area (Å²) in [7, 11) is -4.03. The van der Waals surface area contributed by atoms with Crippen molar-refractivity contribution in [1.29, 1.82) is 0 Å². The van der Waals surface area contributed by atoms with Crippen LogP contribution in [0.1, 0.15) is 61.0 Å². The fraction of sp³-hybridized carbons (Fsp3) is 0.758. The molecule has 278 valence electrons. The van der Waals surface area contributed by atoms with Crippen molar-refractivity contribution in [1.82, 2.24) is 5.32 Å². The molecule has 0 saturated carbocycles. The molecule has 7 rings (SSSR count). The summed E-state index contributed by atoms with van der Waals surface area (Å²) >= 11 is 0. The Balaban J connectivity index is 1.22. The number of hydrogen-bond acceptors (Lipinski definition) is 15. The zero-order valence-corrected chi connectivity index (χ0v) is 30.3. The predicted molar refractivity (Wildman–Crippen MR) is 166 cm³/mol. The molecule has 16 nitrogen and oxygen atoms in total. The molecular weight excluding hydrogens is 682 g/mol. The second-order valence-corrected chi connectivity index (χ2v) is 17.2. The summed E-state index contributed by atoms with van der Waals surface area (Å²) in [6, 6.07) is 6.17. The van der Waals surface area contributed by atoms with E-state index in [9.17, 15) is 18.0 Å². The Labute approximate surface area is 290 Å². The van der Waals surface area contributed by atoms with Crippen LogP contribution in [0.3, 0.4) is 0 Å². The molecule has 6 aliphatic rings. The van der Waals surface area contributed by atoms with Crippen molar-refractivity contribution in [2.75, 3.05) is 12.5 Å². The van der Waals surface area contributed by atoms with E-state index in [4.69, 9.17) is 52.1 Å². The molecule has 1 aromatic carbocycles. The summed E-state index contributed by atoms with van der Waals surface area (Å²) in [5.74, 6) is -9.60. The van der Waals surface area contributed by atoms with Gasteiger partial charge in [0, 0.05) is 0 Å². The molecule has 1 amide bonds. The maximum absolute atomic E-state index is 14.3. The lowest BCUT2D eigenvalue weighted by Gasteiger charge is -2.38. The zero-order chi connectivity index (χ0) is 36.2. The highest BCUT2D eigenvalue weighted by Gasteiger charge is 2.73. The summed E-state index contributed by atoms with van der Waals surface area (Å²) in [5, 5.41) is 2.43. The summed E-state index contributed by atoms with van der Waals surface area (Å²) in [6.07, 6.45) is -9.76. The summed E-state index contributed by atoms with van der Waals surface area (Å²) in [5.41, 5.74) is 0.858. The lowest BCUT2D eigenvalue weighted by Crippen LogP contribution is -2.62. The predicted octanol–water partition coefficient (Wildman–Crippen LogP) is 1.55. The molecule has 0 radical (unpaired) electrons. The molecule has 50 heavy (non-hydrogen) atoms. The van der Waals surface area contributed by atoms with Gasteiger partial charge in [-0.25, -0.2) is 13.2 Å². The third-order valence-corrected chi connectivity index (χ3v) is 10.8. The van der Waals surface area contributed by atoms with Crippen LogP contribution in [-0.2, 0) is 71.5 Å². The minimum atomic E-state index is -4.03. The molecule has 17 heteroatoms. The molecule has 6 aliphatic heterocycles. The number of carbonyl (C=O) groups excluding carboxylic acids is 2. The molecule has 0 bridgehead atoms. The number of fused-ring (bicyclic) bond motifs is 6. The van der Waals surface area contributed by atoms with Crippen molar-refractivity contribution in [2.45, 2.75) is 151 Å². The van der Waals surface area contributed by atoms with Gasteiger partial charge in [-0.2, -0.15) is 0 Å². The second-order valence-electron chi connectivity index (χ2n) is 15.2. The zero-order valence-electron chi connectivity index (χ0n) is 29.5. The maximum atomic E-state index is 14.3. The van der Waals surface area contributed by atoms with Gasteiger partial charge in [-0.15, -0.1) is 0 Å². The second kappa shape index (κ2) is 11.9. The number of esters is 1. The van der Waals surface area contributed by atoms with Gasteiger partial charge in [0.1, 0.15) is 42.5 Å². The molecule has 6 heterocycles. The lowest BCUT2D eigenvalue weighted by molar-refractivity contribution is -0.335. The first-order valence-electron chi connectivity index (χ1n) is 16.6. The van der Waals surface area contributed by atoms with Crippen LogP contribution >= 0.6 is 0 Å². The Bertz CT molecular complexity index is 1630. The van der Waals surface area contributed by atoms with Crippen LogP contribution in [0.15, 0.2) is 29.2 Å². The topological polar surface area (TPSA) is 182 Å². The number of carbonyl (C=O) groups is 2. The van der Waals surface area contributed by atoms with Crippen molar-refractivity contribution >= 4 is 21.7 Å².